The highest BCUT2D eigenvalue weighted by molar-refractivity contribution is 7.80. The van der Waals surface area contributed by atoms with Crippen LogP contribution >= 0.6 is 24.2 Å². The molecule has 0 bridgehead atoms. The third-order valence-electron chi connectivity index (χ3n) is 3.30. The van der Waals surface area contributed by atoms with E-state index in [1.54, 1.807) is 41.7 Å². The summed E-state index contributed by atoms with van der Waals surface area (Å²) in [7, 11) is 0. The molecular formula is C16H14ClN5OS. The Morgan fingerprint density at radius 3 is 2.67 bits per heavy atom. The first kappa shape index (κ1) is 16.5. The Balaban J connectivity index is 1.68. The van der Waals surface area contributed by atoms with Gasteiger partial charge in [0.2, 0.25) is 5.91 Å². The van der Waals surface area contributed by atoms with Crippen molar-refractivity contribution < 1.29 is 4.79 Å². The molecule has 1 unspecified atom stereocenters. The minimum absolute atomic E-state index is 0.198. The van der Waals surface area contributed by atoms with Crippen molar-refractivity contribution in [2.24, 2.45) is 0 Å². The highest BCUT2D eigenvalue weighted by atomic mass is 35.5. The zero-order valence-corrected chi connectivity index (χ0v) is 14.2. The number of aromatic nitrogens is 4. The van der Waals surface area contributed by atoms with Crippen LogP contribution in [0, 0.1) is 0 Å². The lowest BCUT2D eigenvalue weighted by Crippen LogP contribution is -2.13. The molecule has 6 nitrogen and oxygen atoms in total. The van der Waals surface area contributed by atoms with E-state index in [-0.39, 0.29) is 22.7 Å². The summed E-state index contributed by atoms with van der Waals surface area (Å²) in [5.41, 5.74) is 2.08. The minimum atomic E-state index is -0.245. The van der Waals surface area contributed by atoms with Crippen LogP contribution in [0.3, 0.4) is 0 Å². The summed E-state index contributed by atoms with van der Waals surface area (Å²) in [5.74, 6) is -0.202. The Bertz CT molecular complexity index is 825. The van der Waals surface area contributed by atoms with Gasteiger partial charge in [0, 0.05) is 30.3 Å². The zero-order valence-electron chi connectivity index (χ0n) is 12.5. The van der Waals surface area contributed by atoms with Crippen LogP contribution in [-0.4, -0.2) is 25.7 Å². The van der Waals surface area contributed by atoms with Gasteiger partial charge in [-0.25, -0.2) is 4.68 Å². The molecule has 0 fully saturated rings. The lowest BCUT2D eigenvalue weighted by atomic mass is 10.1. The number of hydrogen-bond acceptors (Lipinski definition) is 5. The van der Waals surface area contributed by atoms with Gasteiger partial charge in [-0.3, -0.25) is 14.8 Å². The summed E-state index contributed by atoms with van der Waals surface area (Å²) in [6.45, 7) is 0. The molecule has 0 saturated heterocycles. The molecule has 3 aromatic heterocycles. The van der Waals surface area contributed by atoms with Crippen LogP contribution in [0.4, 0.5) is 5.69 Å². The number of nitrogens with zero attached hydrogens (tertiary/aromatic N) is 4. The smallest absolute Gasteiger partial charge is 0.225 e. The molecule has 3 rings (SSSR count). The first-order chi connectivity index (χ1) is 11.6. The van der Waals surface area contributed by atoms with Crippen molar-refractivity contribution in [1.82, 2.24) is 19.7 Å². The maximum Gasteiger partial charge on any atom is 0.225 e. The average molecular weight is 360 g/mol. The lowest BCUT2D eigenvalue weighted by Gasteiger charge is -2.10. The molecule has 0 radical (unpaired) electrons. The number of rotatable bonds is 5. The molecule has 1 amide bonds. The van der Waals surface area contributed by atoms with E-state index in [9.17, 15) is 4.79 Å². The summed E-state index contributed by atoms with van der Waals surface area (Å²) in [4.78, 5) is 20.3. The average Bonchev–Trinajstić information content (AvgIpc) is 2.97. The van der Waals surface area contributed by atoms with Gasteiger partial charge in [-0.1, -0.05) is 17.7 Å². The van der Waals surface area contributed by atoms with Crippen molar-refractivity contribution in [2.75, 3.05) is 5.32 Å². The fraction of sp³-hybridized carbons (Fsp3) is 0.125. The molecular weight excluding hydrogens is 346 g/mol. The van der Waals surface area contributed by atoms with Gasteiger partial charge in [-0.05, 0) is 23.8 Å². The predicted octanol–water partition coefficient (Wildman–Crippen LogP) is 3.32. The van der Waals surface area contributed by atoms with Gasteiger partial charge in [-0.15, -0.1) is 0 Å². The second-order valence-electron chi connectivity index (χ2n) is 5.04. The Morgan fingerprint density at radius 2 is 2.00 bits per heavy atom. The molecule has 1 N–H and O–H groups in total. The number of amides is 1. The van der Waals surface area contributed by atoms with Crippen molar-refractivity contribution >= 4 is 35.8 Å². The van der Waals surface area contributed by atoms with E-state index in [0.717, 1.165) is 11.3 Å². The first-order valence-corrected chi connectivity index (χ1v) is 8.06. The molecule has 0 aliphatic heterocycles. The Kier molecular flexibility index (Phi) is 5.12. The number of hydrogen-bond donors (Lipinski definition) is 2. The zero-order chi connectivity index (χ0) is 16.9. The Labute approximate surface area is 149 Å². The van der Waals surface area contributed by atoms with Crippen LogP contribution in [-0.2, 0) is 4.79 Å². The molecule has 0 aromatic carbocycles. The molecule has 3 aromatic rings. The number of anilines is 1. The molecule has 8 heteroatoms. The normalized spacial score (nSPS) is 11.9. The fourth-order valence-electron chi connectivity index (χ4n) is 2.13. The van der Waals surface area contributed by atoms with E-state index < -0.39 is 0 Å². The molecule has 0 aliphatic carbocycles. The van der Waals surface area contributed by atoms with E-state index in [1.165, 1.54) is 0 Å². The van der Waals surface area contributed by atoms with Gasteiger partial charge in [0.05, 0.1) is 23.8 Å². The van der Waals surface area contributed by atoms with Crippen molar-refractivity contribution in [3.05, 3.63) is 66.0 Å². The number of nitrogens with one attached hydrogen (secondary N) is 1. The molecule has 0 aliphatic rings. The van der Waals surface area contributed by atoms with Crippen LogP contribution in [0.5, 0.6) is 0 Å². The van der Waals surface area contributed by atoms with E-state index in [1.807, 2.05) is 18.2 Å². The molecule has 0 spiro atoms. The fourth-order valence-corrected chi connectivity index (χ4v) is 2.62. The molecule has 1 atom stereocenters. The maximum atomic E-state index is 12.2. The highest BCUT2D eigenvalue weighted by Gasteiger charge is 2.15. The number of halogens is 1. The summed E-state index contributed by atoms with van der Waals surface area (Å²) in [6.07, 6.45) is 8.54. The second-order valence-corrected chi connectivity index (χ2v) is 6.03. The van der Waals surface area contributed by atoms with E-state index >= 15 is 0 Å². The third kappa shape index (κ3) is 3.93. The van der Waals surface area contributed by atoms with E-state index in [0.29, 0.717) is 5.69 Å². The topological polar surface area (TPSA) is 72.7 Å². The molecule has 0 saturated carbocycles. The molecule has 122 valence electrons. The lowest BCUT2D eigenvalue weighted by molar-refractivity contribution is -0.116. The van der Waals surface area contributed by atoms with Gasteiger partial charge < -0.3 is 5.32 Å². The number of carbonyl (C=O) groups excluding carboxylic acids is 1. The predicted molar refractivity (Wildman–Crippen MR) is 95.6 cm³/mol. The van der Waals surface area contributed by atoms with Gasteiger partial charge in [0.25, 0.3) is 0 Å². The summed E-state index contributed by atoms with van der Waals surface area (Å²) >= 11 is 10.5. The Morgan fingerprint density at radius 1 is 1.25 bits per heavy atom. The molecule has 24 heavy (non-hydrogen) atoms. The van der Waals surface area contributed by atoms with E-state index in [2.05, 4.69) is 33.0 Å². The van der Waals surface area contributed by atoms with E-state index in [4.69, 9.17) is 11.6 Å². The highest BCUT2D eigenvalue weighted by Crippen LogP contribution is 2.25. The van der Waals surface area contributed by atoms with Crippen molar-refractivity contribution in [3.63, 3.8) is 0 Å². The minimum Gasteiger partial charge on any atom is -0.322 e. The van der Waals surface area contributed by atoms with Crippen LogP contribution in [0.2, 0.25) is 5.15 Å². The third-order valence-corrected chi connectivity index (χ3v) is 4.06. The van der Waals surface area contributed by atoms with Crippen LogP contribution in [0.25, 0.3) is 5.69 Å². The van der Waals surface area contributed by atoms with Gasteiger partial charge in [0.1, 0.15) is 0 Å². The Hall–Kier alpha value is -2.38. The van der Waals surface area contributed by atoms with Gasteiger partial charge in [-0.2, -0.15) is 17.7 Å². The van der Waals surface area contributed by atoms with Crippen LogP contribution in [0.1, 0.15) is 17.2 Å². The van der Waals surface area contributed by atoms with Crippen LogP contribution in [0.15, 0.2) is 55.2 Å². The van der Waals surface area contributed by atoms with Crippen molar-refractivity contribution in [1.29, 1.82) is 0 Å². The molecule has 3 heterocycles. The van der Waals surface area contributed by atoms with Gasteiger partial charge in [0.15, 0.2) is 5.15 Å². The SMILES string of the molecule is O=C(CC(S)c1cccnc1)Nc1cn(-c2cccnc2)nc1Cl. The van der Waals surface area contributed by atoms with Crippen molar-refractivity contribution in [3.8, 4) is 5.69 Å². The monoisotopic (exact) mass is 359 g/mol. The first-order valence-electron chi connectivity index (χ1n) is 7.17. The number of pyridine rings is 2. The largest absolute Gasteiger partial charge is 0.322 e. The summed E-state index contributed by atoms with van der Waals surface area (Å²) in [6, 6.07) is 7.33. The number of thiol groups is 1. The standard InChI is InChI=1S/C16H14ClN5OS/c17-16-13(10-22(21-16)12-4-2-6-19-9-12)20-15(23)7-14(24)11-3-1-5-18-8-11/h1-6,8-10,14,24H,7H2,(H,20,23). The summed E-state index contributed by atoms with van der Waals surface area (Å²) < 4.78 is 1.56. The van der Waals surface area contributed by atoms with Crippen LogP contribution < -0.4 is 5.32 Å². The number of carbonyl (C=O) groups is 1. The summed E-state index contributed by atoms with van der Waals surface area (Å²) in [5, 5.41) is 6.89. The second kappa shape index (κ2) is 7.46. The van der Waals surface area contributed by atoms with Crippen molar-refractivity contribution in [2.45, 2.75) is 11.7 Å². The quantitative estimate of drug-likeness (QED) is 0.685. The van der Waals surface area contributed by atoms with Gasteiger partial charge >= 0.3 is 0 Å². The maximum absolute atomic E-state index is 12.2.